The summed E-state index contributed by atoms with van der Waals surface area (Å²) in [7, 11) is -3.55. The Kier molecular flexibility index (Phi) is 6.16. The summed E-state index contributed by atoms with van der Waals surface area (Å²) in [6, 6.07) is 0.286. The molecule has 0 amide bonds. The number of H-pyrrole nitrogens is 1. The van der Waals surface area contributed by atoms with E-state index in [0.29, 0.717) is 24.6 Å². The van der Waals surface area contributed by atoms with Gasteiger partial charge in [0.1, 0.15) is 0 Å². The van der Waals surface area contributed by atoms with Crippen LogP contribution in [-0.2, 0) is 16.6 Å². The molecule has 0 fully saturated rings. The zero-order valence-corrected chi connectivity index (χ0v) is 13.8. The van der Waals surface area contributed by atoms with Gasteiger partial charge in [-0.2, -0.15) is 5.10 Å². The van der Waals surface area contributed by atoms with Crippen LogP contribution in [0.3, 0.4) is 0 Å². The standard InChI is InChI=1S/C13H26N4O2S/c1-9(2)6-7-15-20(18,19)13-12(8-14-10(3)4)11(5)16-17-13/h9-10,14-15H,6-8H2,1-5H3,(H,16,17). The number of aromatic nitrogens is 2. The van der Waals surface area contributed by atoms with Crippen LogP contribution in [0.1, 0.15) is 45.4 Å². The minimum Gasteiger partial charge on any atom is -0.310 e. The molecule has 0 aliphatic rings. The minimum absolute atomic E-state index is 0.104. The molecule has 7 heteroatoms. The molecule has 0 spiro atoms. The van der Waals surface area contributed by atoms with Gasteiger partial charge in [-0.25, -0.2) is 13.1 Å². The molecule has 1 aromatic rings. The zero-order chi connectivity index (χ0) is 15.3. The predicted octanol–water partition coefficient (Wildman–Crippen LogP) is 1.54. The van der Waals surface area contributed by atoms with Crippen molar-refractivity contribution in [2.45, 2.75) is 58.7 Å². The fourth-order valence-electron chi connectivity index (χ4n) is 1.72. The molecule has 0 unspecified atom stereocenters. The monoisotopic (exact) mass is 302 g/mol. The Morgan fingerprint density at radius 1 is 1.25 bits per heavy atom. The van der Waals surface area contributed by atoms with Crippen LogP contribution in [0.15, 0.2) is 5.03 Å². The van der Waals surface area contributed by atoms with Gasteiger partial charge in [0.25, 0.3) is 10.0 Å². The maximum absolute atomic E-state index is 12.3. The smallest absolute Gasteiger partial charge is 0.260 e. The number of nitrogens with zero attached hydrogens (tertiary/aromatic N) is 1. The Morgan fingerprint density at radius 2 is 1.90 bits per heavy atom. The highest BCUT2D eigenvalue weighted by Crippen LogP contribution is 2.16. The molecule has 0 aromatic carbocycles. The summed E-state index contributed by atoms with van der Waals surface area (Å²) in [5, 5.41) is 10.0. The normalized spacial score (nSPS) is 12.6. The number of sulfonamides is 1. The van der Waals surface area contributed by atoms with Gasteiger partial charge in [0, 0.05) is 30.4 Å². The van der Waals surface area contributed by atoms with E-state index >= 15 is 0 Å². The first-order chi connectivity index (χ1) is 9.24. The van der Waals surface area contributed by atoms with Gasteiger partial charge in [-0.3, -0.25) is 5.10 Å². The van der Waals surface area contributed by atoms with Crippen LogP contribution in [0.4, 0.5) is 0 Å². The molecule has 116 valence electrons. The Bertz CT molecular complexity index is 520. The largest absolute Gasteiger partial charge is 0.310 e. The molecule has 6 nitrogen and oxygen atoms in total. The predicted molar refractivity (Wildman–Crippen MR) is 79.9 cm³/mol. The van der Waals surface area contributed by atoms with Gasteiger partial charge < -0.3 is 5.32 Å². The summed E-state index contributed by atoms with van der Waals surface area (Å²) in [4.78, 5) is 0. The van der Waals surface area contributed by atoms with Crippen molar-refractivity contribution >= 4 is 10.0 Å². The fourth-order valence-corrected chi connectivity index (χ4v) is 2.96. The number of rotatable bonds is 8. The molecule has 1 aromatic heterocycles. The summed E-state index contributed by atoms with van der Waals surface area (Å²) in [6.07, 6.45) is 0.808. The Labute approximate surface area is 121 Å². The number of hydrogen-bond acceptors (Lipinski definition) is 4. The van der Waals surface area contributed by atoms with Crippen LogP contribution in [0.25, 0.3) is 0 Å². The Hall–Kier alpha value is -0.920. The second-order valence-corrected chi connectivity index (χ2v) is 7.43. The van der Waals surface area contributed by atoms with Crippen LogP contribution < -0.4 is 10.0 Å². The van der Waals surface area contributed by atoms with Crippen molar-refractivity contribution in [3.05, 3.63) is 11.3 Å². The number of nitrogens with one attached hydrogen (secondary N) is 3. The van der Waals surface area contributed by atoms with Crippen LogP contribution in [-0.4, -0.2) is 31.2 Å². The van der Waals surface area contributed by atoms with Crippen molar-refractivity contribution in [2.75, 3.05) is 6.54 Å². The second kappa shape index (κ2) is 7.19. The third kappa shape index (κ3) is 4.88. The highest BCUT2D eigenvalue weighted by atomic mass is 32.2. The lowest BCUT2D eigenvalue weighted by molar-refractivity contribution is 0.544. The third-order valence-corrected chi connectivity index (χ3v) is 4.42. The molecule has 0 bridgehead atoms. The van der Waals surface area contributed by atoms with Gasteiger partial charge in [0.05, 0.1) is 0 Å². The van der Waals surface area contributed by atoms with Gasteiger partial charge in [0.15, 0.2) is 5.03 Å². The molecule has 0 atom stereocenters. The molecule has 0 saturated carbocycles. The number of aromatic amines is 1. The lowest BCUT2D eigenvalue weighted by atomic mass is 10.1. The van der Waals surface area contributed by atoms with Gasteiger partial charge in [-0.05, 0) is 19.3 Å². The molecule has 0 saturated heterocycles. The number of hydrogen-bond donors (Lipinski definition) is 3. The molecular formula is C13H26N4O2S. The van der Waals surface area contributed by atoms with Crippen molar-refractivity contribution < 1.29 is 8.42 Å². The SMILES string of the molecule is Cc1[nH]nc(S(=O)(=O)NCCC(C)C)c1CNC(C)C. The van der Waals surface area contributed by atoms with Crippen molar-refractivity contribution in [1.29, 1.82) is 0 Å². The van der Waals surface area contributed by atoms with Crippen molar-refractivity contribution in [1.82, 2.24) is 20.2 Å². The maximum Gasteiger partial charge on any atom is 0.260 e. The topological polar surface area (TPSA) is 86.9 Å². The molecule has 0 aliphatic heterocycles. The molecule has 1 rings (SSSR count). The Morgan fingerprint density at radius 3 is 2.45 bits per heavy atom. The maximum atomic E-state index is 12.3. The summed E-state index contributed by atoms with van der Waals surface area (Å²) in [5.41, 5.74) is 1.48. The van der Waals surface area contributed by atoms with Crippen molar-refractivity contribution in [3.8, 4) is 0 Å². The zero-order valence-electron chi connectivity index (χ0n) is 12.9. The van der Waals surface area contributed by atoms with E-state index in [0.717, 1.165) is 12.1 Å². The van der Waals surface area contributed by atoms with Gasteiger partial charge in [-0.15, -0.1) is 0 Å². The first-order valence-electron chi connectivity index (χ1n) is 7.01. The summed E-state index contributed by atoms with van der Waals surface area (Å²) < 4.78 is 27.2. The first-order valence-corrected chi connectivity index (χ1v) is 8.49. The van der Waals surface area contributed by atoms with E-state index in [1.54, 1.807) is 0 Å². The van der Waals surface area contributed by atoms with E-state index in [9.17, 15) is 8.42 Å². The number of aryl methyl sites for hydroxylation is 1. The van der Waals surface area contributed by atoms with E-state index in [1.165, 1.54) is 0 Å². The summed E-state index contributed by atoms with van der Waals surface area (Å²) in [6.45, 7) is 10.9. The van der Waals surface area contributed by atoms with E-state index in [4.69, 9.17) is 0 Å². The van der Waals surface area contributed by atoms with Crippen LogP contribution in [0.2, 0.25) is 0 Å². The van der Waals surface area contributed by atoms with Crippen molar-refractivity contribution in [2.24, 2.45) is 5.92 Å². The summed E-state index contributed by atoms with van der Waals surface area (Å²) in [5.74, 6) is 0.459. The lowest BCUT2D eigenvalue weighted by Gasteiger charge is -2.10. The van der Waals surface area contributed by atoms with E-state index in [-0.39, 0.29) is 11.1 Å². The molecule has 1 heterocycles. The van der Waals surface area contributed by atoms with Crippen LogP contribution in [0, 0.1) is 12.8 Å². The second-order valence-electron chi connectivity index (χ2n) is 5.75. The molecule has 0 radical (unpaired) electrons. The lowest BCUT2D eigenvalue weighted by Crippen LogP contribution is -2.28. The van der Waals surface area contributed by atoms with Gasteiger partial charge >= 0.3 is 0 Å². The highest BCUT2D eigenvalue weighted by molar-refractivity contribution is 7.89. The minimum atomic E-state index is -3.55. The molecule has 0 aliphatic carbocycles. The molecule has 3 N–H and O–H groups in total. The van der Waals surface area contributed by atoms with Gasteiger partial charge in [0.2, 0.25) is 0 Å². The van der Waals surface area contributed by atoms with Crippen LogP contribution in [0.5, 0.6) is 0 Å². The third-order valence-electron chi connectivity index (χ3n) is 2.99. The average molecular weight is 302 g/mol. The molecule has 20 heavy (non-hydrogen) atoms. The molecular weight excluding hydrogens is 276 g/mol. The van der Waals surface area contributed by atoms with E-state index in [2.05, 4.69) is 34.1 Å². The fraction of sp³-hybridized carbons (Fsp3) is 0.769. The van der Waals surface area contributed by atoms with Gasteiger partial charge in [-0.1, -0.05) is 27.7 Å². The van der Waals surface area contributed by atoms with Crippen molar-refractivity contribution in [3.63, 3.8) is 0 Å². The van der Waals surface area contributed by atoms with E-state index < -0.39 is 10.0 Å². The van der Waals surface area contributed by atoms with E-state index in [1.807, 2.05) is 20.8 Å². The highest BCUT2D eigenvalue weighted by Gasteiger charge is 2.23. The Balaban J connectivity index is 2.84. The summed E-state index contributed by atoms with van der Waals surface area (Å²) >= 11 is 0. The van der Waals surface area contributed by atoms with Crippen LogP contribution >= 0.6 is 0 Å². The average Bonchev–Trinajstić information content (AvgIpc) is 2.67. The quantitative estimate of drug-likeness (QED) is 0.680. The first kappa shape index (κ1) is 17.1.